The molecular formula is C25H21N6O2S-. The van der Waals surface area contributed by atoms with Crippen LogP contribution < -0.4 is 5.11 Å². The van der Waals surface area contributed by atoms with Gasteiger partial charge in [0.15, 0.2) is 5.16 Å². The first-order valence-electron chi connectivity index (χ1n) is 10.9. The van der Waals surface area contributed by atoms with Gasteiger partial charge in [0, 0.05) is 16.9 Å². The van der Waals surface area contributed by atoms with Gasteiger partial charge in [-0.15, -0.1) is 10.2 Å². The first-order chi connectivity index (χ1) is 16.7. The number of benzene rings is 3. The number of fused-ring (bicyclic) bond motifs is 1. The summed E-state index contributed by atoms with van der Waals surface area (Å²) >= 11 is 1.63. The quantitative estimate of drug-likeness (QED) is 0.344. The van der Waals surface area contributed by atoms with Crippen LogP contribution >= 0.6 is 11.8 Å². The van der Waals surface area contributed by atoms with E-state index >= 15 is 0 Å². The summed E-state index contributed by atoms with van der Waals surface area (Å²) < 4.78 is 1.98. The number of para-hydroxylation sites is 1. The van der Waals surface area contributed by atoms with Crippen LogP contribution in [0.25, 0.3) is 33.5 Å². The van der Waals surface area contributed by atoms with Crippen LogP contribution in [0.5, 0.6) is 0 Å². The van der Waals surface area contributed by atoms with Gasteiger partial charge in [0.2, 0.25) is 5.82 Å². The Labute approximate surface area is 200 Å². The van der Waals surface area contributed by atoms with Crippen LogP contribution in [-0.2, 0) is 6.54 Å². The summed E-state index contributed by atoms with van der Waals surface area (Å²) in [5.74, 6) is 0.236. The van der Waals surface area contributed by atoms with Gasteiger partial charge < -0.3 is 14.5 Å². The number of nitrogens with zero attached hydrogens (tertiary/aromatic N) is 5. The van der Waals surface area contributed by atoms with Gasteiger partial charge in [-0.3, -0.25) is 0 Å². The van der Waals surface area contributed by atoms with Gasteiger partial charge in [-0.05, 0) is 34.4 Å². The largest absolute Gasteiger partial charge is 0.545 e. The van der Waals surface area contributed by atoms with Crippen molar-refractivity contribution in [2.75, 3.05) is 5.75 Å². The number of carbonyl (C=O) groups excluding carboxylic acids is 1. The van der Waals surface area contributed by atoms with Gasteiger partial charge in [-0.2, -0.15) is 5.21 Å². The van der Waals surface area contributed by atoms with Crippen molar-refractivity contribution in [2.24, 2.45) is 0 Å². The molecule has 0 saturated carbocycles. The molecule has 0 aliphatic rings. The summed E-state index contributed by atoms with van der Waals surface area (Å²) in [4.78, 5) is 16.5. The van der Waals surface area contributed by atoms with Crippen LogP contribution in [-0.4, -0.2) is 41.9 Å². The number of tetrazole rings is 1. The number of hydrogen-bond acceptors (Lipinski definition) is 7. The standard InChI is InChI=1S/C25H22N6O2S/c1-2-14-34-25-26-21-9-5-8-20(24(32)33)22(21)31(25)15-16-10-12-17(13-11-16)18-6-3-4-7-19(18)23-27-29-30-28-23/h3-13H,2,14-15H2,1H3,(H,32,33)(H,27,28,29,30)/p-1. The highest BCUT2D eigenvalue weighted by molar-refractivity contribution is 7.99. The lowest BCUT2D eigenvalue weighted by Gasteiger charge is -2.13. The molecular weight excluding hydrogens is 448 g/mol. The number of rotatable bonds is 8. The second-order valence-electron chi connectivity index (χ2n) is 7.77. The highest BCUT2D eigenvalue weighted by Crippen LogP contribution is 2.31. The molecule has 3 aromatic carbocycles. The normalized spacial score (nSPS) is 11.2. The molecule has 0 amide bonds. The van der Waals surface area contributed by atoms with Crippen molar-refractivity contribution in [1.29, 1.82) is 0 Å². The maximum Gasteiger partial charge on any atom is 0.205 e. The zero-order chi connectivity index (χ0) is 23.5. The smallest absolute Gasteiger partial charge is 0.205 e. The van der Waals surface area contributed by atoms with Gasteiger partial charge in [-0.1, -0.05) is 79.3 Å². The Morgan fingerprint density at radius 3 is 2.53 bits per heavy atom. The molecule has 1 N–H and O–H groups in total. The van der Waals surface area contributed by atoms with E-state index in [9.17, 15) is 9.90 Å². The van der Waals surface area contributed by atoms with Crippen molar-refractivity contribution in [3.05, 3.63) is 77.9 Å². The molecule has 0 saturated heterocycles. The monoisotopic (exact) mass is 469 g/mol. The van der Waals surface area contributed by atoms with Crippen molar-refractivity contribution in [3.8, 4) is 22.5 Å². The number of H-pyrrole nitrogens is 1. The Bertz CT molecular complexity index is 1440. The van der Waals surface area contributed by atoms with Crippen LogP contribution in [0.4, 0.5) is 0 Å². The average molecular weight is 470 g/mol. The molecule has 0 radical (unpaired) electrons. The average Bonchev–Trinajstić information content (AvgIpc) is 3.52. The molecule has 0 aliphatic heterocycles. The number of aromatic nitrogens is 6. The lowest BCUT2D eigenvalue weighted by Crippen LogP contribution is -2.23. The number of hydrogen-bond donors (Lipinski definition) is 1. The highest BCUT2D eigenvalue weighted by Gasteiger charge is 2.16. The molecule has 5 aromatic rings. The van der Waals surface area contributed by atoms with E-state index in [2.05, 4.69) is 27.5 Å². The van der Waals surface area contributed by atoms with E-state index in [1.165, 1.54) is 0 Å². The minimum atomic E-state index is -1.20. The fourth-order valence-electron chi connectivity index (χ4n) is 3.96. The second kappa shape index (κ2) is 9.48. The highest BCUT2D eigenvalue weighted by atomic mass is 32.2. The Hall–Kier alpha value is -3.98. The molecule has 0 spiro atoms. The van der Waals surface area contributed by atoms with Crippen molar-refractivity contribution >= 4 is 28.8 Å². The summed E-state index contributed by atoms with van der Waals surface area (Å²) in [6.07, 6.45) is 0.996. The Kier molecular flexibility index (Phi) is 6.09. The molecule has 9 heteroatoms. The van der Waals surface area contributed by atoms with Crippen molar-refractivity contribution in [1.82, 2.24) is 30.2 Å². The third-order valence-electron chi connectivity index (χ3n) is 5.51. The molecule has 8 nitrogen and oxygen atoms in total. The van der Waals surface area contributed by atoms with E-state index < -0.39 is 5.97 Å². The van der Waals surface area contributed by atoms with Gasteiger partial charge in [-0.25, -0.2) is 4.98 Å². The molecule has 2 aromatic heterocycles. The summed E-state index contributed by atoms with van der Waals surface area (Å²) in [7, 11) is 0. The number of carboxylic acid groups (broad SMARTS) is 1. The van der Waals surface area contributed by atoms with Gasteiger partial charge in [0.1, 0.15) is 0 Å². The number of aromatic amines is 1. The predicted molar refractivity (Wildman–Crippen MR) is 129 cm³/mol. The number of nitrogens with one attached hydrogen (secondary N) is 1. The van der Waals surface area contributed by atoms with Gasteiger partial charge in [0.25, 0.3) is 0 Å². The second-order valence-corrected chi connectivity index (χ2v) is 8.83. The SMILES string of the molecule is CCCSc1nc2cccc(C(=O)[O-])c2n1Cc1ccc(-c2ccccc2-c2nn[nH]n2)cc1. The number of thioether (sulfide) groups is 1. The summed E-state index contributed by atoms with van der Waals surface area (Å²) in [6, 6.07) is 21.2. The third kappa shape index (κ3) is 4.17. The molecule has 0 atom stereocenters. The molecule has 2 heterocycles. The van der Waals surface area contributed by atoms with Crippen molar-refractivity contribution in [3.63, 3.8) is 0 Å². The van der Waals surface area contributed by atoms with E-state index in [4.69, 9.17) is 4.98 Å². The summed E-state index contributed by atoms with van der Waals surface area (Å²) in [6.45, 7) is 2.61. The topological polar surface area (TPSA) is 112 Å². The maximum absolute atomic E-state index is 11.8. The maximum atomic E-state index is 11.8. The number of carboxylic acids is 1. The first-order valence-corrected chi connectivity index (χ1v) is 11.9. The van der Waals surface area contributed by atoms with E-state index in [-0.39, 0.29) is 5.56 Å². The Balaban J connectivity index is 1.52. The lowest BCUT2D eigenvalue weighted by molar-refractivity contribution is -0.254. The number of imidazole rings is 1. The van der Waals surface area contributed by atoms with Crippen LogP contribution in [0.3, 0.4) is 0 Å². The zero-order valence-corrected chi connectivity index (χ0v) is 19.2. The van der Waals surface area contributed by atoms with E-state index in [1.807, 2.05) is 59.2 Å². The fourth-order valence-corrected chi connectivity index (χ4v) is 4.82. The van der Waals surface area contributed by atoms with Gasteiger partial charge in [0.05, 0.1) is 23.5 Å². The lowest BCUT2D eigenvalue weighted by atomic mass is 9.98. The molecule has 0 aliphatic carbocycles. The van der Waals surface area contributed by atoms with Crippen LogP contribution in [0.15, 0.2) is 71.9 Å². The van der Waals surface area contributed by atoms with E-state index in [0.717, 1.165) is 39.6 Å². The minimum absolute atomic E-state index is 0.152. The number of carbonyl (C=O) groups is 1. The molecule has 5 rings (SSSR count). The van der Waals surface area contributed by atoms with Gasteiger partial charge >= 0.3 is 0 Å². The molecule has 170 valence electrons. The summed E-state index contributed by atoms with van der Waals surface area (Å²) in [5.41, 5.74) is 5.35. The molecule has 0 unspecified atom stereocenters. The predicted octanol–water partition coefficient (Wildman–Crippen LogP) is 3.80. The molecule has 0 fully saturated rings. The van der Waals surface area contributed by atoms with Crippen molar-refractivity contribution < 1.29 is 9.90 Å². The number of aromatic carboxylic acids is 1. The van der Waals surface area contributed by atoms with Crippen LogP contribution in [0.1, 0.15) is 29.3 Å². The third-order valence-corrected chi connectivity index (χ3v) is 6.69. The first kappa shape index (κ1) is 21.8. The van der Waals surface area contributed by atoms with Crippen LogP contribution in [0, 0.1) is 0 Å². The minimum Gasteiger partial charge on any atom is -0.545 e. The molecule has 34 heavy (non-hydrogen) atoms. The van der Waals surface area contributed by atoms with E-state index in [0.29, 0.717) is 23.4 Å². The molecule has 0 bridgehead atoms. The fraction of sp³-hybridized carbons (Fsp3) is 0.160. The zero-order valence-electron chi connectivity index (χ0n) is 18.4. The summed E-state index contributed by atoms with van der Waals surface area (Å²) in [5, 5.41) is 27.0. The Morgan fingerprint density at radius 1 is 1.03 bits per heavy atom. The Morgan fingerprint density at radius 2 is 1.82 bits per heavy atom. The van der Waals surface area contributed by atoms with E-state index in [1.54, 1.807) is 23.9 Å². The van der Waals surface area contributed by atoms with Crippen LogP contribution in [0.2, 0.25) is 0 Å². The van der Waals surface area contributed by atoms with Crippen molar-refractivity contribution in [2.45, 2.75) is 25.0 Å².